The molecule has 21 heavy (non-hydrogen) atoms. The quantitative estimate of drug-likeness (QED) is 0.516. The molecule has 6 nitrogen and oxygen atoms in total. The average Bonchev–Trinajstić information content (AvgIpc) is 2.39. The summed E-state index contributed by atoms with van der Waals surface area (Å²) in [5.41, 5.74) is 7.38. The summed E-state index contributed by atoms with van der Waals surface area (Å²) < 4.78 is 0. The third kappa shape index (κ3) is 3.49. The summed E-state index contributed by atoms with van der Waals surface area (Å²) in [6.45, 7) is 1.68. The Hall–Kier alpha value is -2.60. The number of nitrogens with zero attached hydrogens (tertiary/aromatic N) is 1. The number of aryl methyl sites for hydroxylation is 1. The van der Waals surface area contributed by atoms with Crippen LogP contribution in [-0.2, 0) is 0 Å². The first kappa shape index (κ1) is 14.8. The van der Waals surface area contributed by atoms with Crippen LogP contribution in [0.15, 0.2) is 36.4 Å². The summed E-state index contributed by atoms with van der Waals surface area (Å²) in [5, 5.41) is 13.7. The minimum absolute atomic E-state index is 0.0301. The molecule has 3 N–H and O–H groups in total. The topological polar surface area (TPSA) is 98.3 Å². The SMILES string of the molecule is Cc1cc([N+](=O)[O-])ccc1NC(=O)c1cc(N)cc(Cl)c1. The third-order valence-corrected chi connectivity index (χ3v) is 3.07. The number of rotatable bonds is 3. The van der Waals surface area contributed by atoms with Crippen LogP contribution in [0.4, 0.5) is 17.1 Å². The molecule has 1 amide bonds. The van der Waals surface area contributed by atoms with Crippen LogP contribution in [0.5, 0.6) is 0 Å². The zero-order chi connectivity index (χ0) is 15.6. The smallest absolute Gasteiger partial charge is 0.269 e. The van der Waals surface area contributed by atoms with Gasteiger partial charge in [-0.2, -0.15) is 0 Å². The van der Waals surface area contributed by atoms with Crippen LogP contribution in [-0.4, -0.2) is 10.8 Å². The summed E-state index contributed by atoms with van der Waals surface area (Å²) in [6.07, 6.45) is 0. The van der Waals surface area contributed by atoms with Crippen LogP contribution >= 0.6 is 11.6 Å². The fourth-order valence-electron chi connectivity index (χ4n) is 1.84. The molecule has 0 atom stereocenters. The van der Waals surface area contributed by atoms with Crippen molar-refractivity contribution in [3.05, 3.63) is 62.7 Å². The van der Waals surface area contributed by atoms with E-state index in [1.54, 1.807) is 6.92 Å². The lowest BCUT2D eigenvalue weighted by Crippen LogP contribution is -2.13. The van der Waals surface area contributed by atoms with Crippen LogP contribution in [0, 0.1) is 17.0 Å². The van der Waals surface area contributed by atoms with Crippen molar-refractivity contribution >= 4 is 34.6 Å². The van der Waals surface area contributed by atoms with Gasteiger partial charge in [-0.1, -0.05) is 11.6 Å². The first-order valence-electron chi connectivity index (χ1n) is 5.99. The van der Waals surface area contributed by atoms with Gasteiger partial charge in [-0.3, -0.25) is 14.9 Å². The molecule has 0 aromatic heterocycles. The Bertz CT molecular complexity index is 711. The first-order valence-corrected chi connectivity index (χ1v) is 6.37. The number of nitro groups is 1. The summed E-state index contributed by atoms with van der Waals surface area (Å²) in [4.78, 5) is 22.3. The van der Waals surface area contributed by atoms with Crippen molar-refractivity contribution in [2.75, 3.05) is 11.1 Å². The molecular weight excluding hydrogens is 294 g/mol. The molecule has 0 bridgehead atoms. The van der Waals surface area contributed by atoms with Gasteiger partial charge in [0.15, 0.2) is 0 Å². The summed E-state index contributed by atoms with van der Waals surface area (Å²) >= 11 is 5.85. The molecule has 2 rings (SSSR count). The molecule has 0 aliphatic rings. The normalized spacial score (nSPS) is 10.2. The van der Waals surface area contributed by atoms with Crippen molar-refractivity contribution in [1.29, 1.82) is 0 Å². The van der Waals surface area contributed by atoms with Gasteiger partial charge in [0.1, 0.15) is 0 Å². The van der Waals surface area contributed by atoms with Crippen LogP contribution in [0.1, 0.15) is 15.9 Å². The first-order chi connectivity index (χ1) is 9.86. The van der Waals surface area contributed by atoms with Gasteiger partial charge in [0.25, 0.3) is 11.6 Å². The van der Waals surface area contributed by atoms with E-state index in [1.807, 2.05) is 0 Å². The Morgan fingerprint density at radius 1 is 1.29 bits per heavy atom. The van der Waals surface area contributed by atoms with Crippen LogP contribution in [0.3, 0.4) is 0 Å². The van der Waals surface area contributed by atoms with Crippen molar-refractivity contribution in [3.8, 4) is 0 Å². The summed E-state index contributed by atoms with van der Waals surface area (Å²) in [5.74, 6) is -0.388. The predicted molar refractivity (Wildman–Crippen MR) is 81.7 cm³/mol. The number of nitro benzene ring substituents is 1. The van der Waals surface area contributed by atoms with Gasteiger partial charge in [-0.05, 0) is 36.8 Å². The highest BCUT2D eigenvalue weighted by Crippen LogP contribution is 2.23. The Labute approximate surface area is 125 Å². The summed E-state index contributed by atoms with van der Waals surface area (Å²) in [6, 6.07) is 8.74. The Morgan fingerprint density at radius 3 is 2.57 bits per heavy atom. The van der Waals surface area contributed by atoms with E-state index in [-0.39, 0.29) is 11.6 Å². The Kier molecular flexibility index (Phi) is 4.09. The number of non-ortho nitro benzene ring substituents is 1. The fourth-order valence-corrected chi connectivity index (χ4v) is 2.08. The highest BCUT2D eigenvalue weighted by Gasteiger charge is 2.12. The number of carbonyl (C=O) groups is 1. The number of hydrogen-bond acceptors (Lipinski definition) is 4. The van der Waals surface area contributed by atoms with Gasteiger partial charge in [-0.15, -0.1) is 0 Å². The number of nitrogen functional groups attached to an aromatic ring is 1. The lowest BCUT2D eigenvalue weighted by Gasteiger charge is -2.09. The number of anilines is 2. The van der Waals surface area contributed by atoms with Crippen molar-refractivity contribution in [1.82, 2.24) is 0 Å². The molecule has 2 aromatic carbocycles. The van der Waals surface area contributed by atoms with Crippen LogP contribution in [0.2, 0.25) is 5.02 Å². The maximum atomic E-state index is 12.1. The van der Waals surface area contributed by atoms with Gasteiger partial charge in [0.2, 0.25) is 0 Å². The van der Waals surface area contributed by atoms with E-state index in [0.29, 0.717) is 27.5 Å². The maximum absolute atomic E-state index is 12.1. The molecule has 0 saturated heterocycles. The zero-order valence-corrected chi connectivity index (χ0v) is 11.8. The average molecular weight is 306 g/mol. The lowest BCUT2D eigenvalue weighted by molar-refractivity contribution is -0.384. The van der Waals surface area contributed by atoms with E-state index in [9.17, 15) is 14.9 Å². The molecule has 108 valence electrons. The van der Waals surface area contributed by atoms with Crippen LogP contribution in [0.25, 0.3) is 0 Å². The Balaban J connectivity index is 2.25. The van der Waals surface area contributed by atoms with Crippen molar-refractivity contribution in [2.45, 2.75) is 6.92 Å². The van der Waals surface area contributed by atoms with E-state index in [0.717, 1.165) is 0 Å². The standard InChI is InChI=1S/C14H12ClN3O3/c1-8-4-12(18(20)21)2-3-13(8)17-14(19)9-5-10(15)7-11(16)6-9/h2-7H,16H2,1H3,(H,17,19). The van der Waals surface area contributed by atoms with E-state index in [2.05, 4.69) is 5.32 Å². The largest absolute Gasteiger partial charge is 0.399 e. The van der Waals surface area contributed by atoms with E-state index < -0.39 is 4.92 Å². The second kappa shape index (κ2) is 5.80. The number of hydrogen-bond donors (Lipinski definition) is 2. The van der Waals surface area contributed by atoms with E-state index >= 15 is 0 Å². The van der Waals surface area contributed by atoms with Crippen molar-refractivity contribution < 1.29 is 9.72 Å². The van der Waals surface area contributed by atoms with Gasteiger partial charge in [-0.25, -0.2) is 0 Å². The molecule has 0 aliphatic heterocycles. The number of carbonyl (C=O) groups excluding carboxylic acids is 1. The highest BCUT2D eigenvalue weighted by molar-refractivity contribution is 6.31. The zero-order valence-electron chi connectivity index (χ0n) is 11.1. The molecule has 0 unspecified atom stereocenters. The second-order valence-corrected chi connectivity index (χ2v) is 4.92. The summed E-state index contributed by atoms with van der Waals surface area (Å²) in [7, 11) is 0. The lowest BCUT2D eigenvalue weighted by atomic mass is 10.1. The third-order valence-electron chi connectivity index (χ3n) is 2.85. The van der Waals surface area contributed by atoms with Crippen molar-refractivity contribution in [3.63, 3.8) is 0 Å². The van der Waals surface area contributed by atoms with Gasteiger partial charge < -0.3 is 11.1 Å². The van der Waals surface area contributed by atoms with Gasteiger partial charge in [0.05, 0.1) is 4.92 Å². The Morgan fingerprint density at radius 2 is 2.00 bits per heavy atom. The molecule has 0 saturated carbocycles. The van der Waals surface area contributed by atoms with Gasteiger partial charge in [0, 0.05) is 34.1 Å². The van der Waals surface area contributed by atoms with Crippen molar-refractivity contribution in [2.24, 2.45) is 0 Å². The van der Waals surface area contributed by atoms with Crippen LogP contribution < -0.4 is 11.1 Å². The molecule has 2 aromatic rings. The monoisotopic (exact) mass is 305 g/mol. The molecule has 7 heteroatoms. The molecular formula is C14H12ClN3O3. The molecule has 0 fully saturated rings. The second-order valence-electron chi connectivity index (χ2n) is 4.48. The molecule has 0 radical (unpaired) electrons. The maximum Gasteiger partial charge on any atom is 0.269 e. The number of benzene rings is 2. The predicted octanol–water partition coefficient (Wildman–Crippen LogP) is 3.39. The number of nitrogens with two attached hydrogens (primary N) is 1. The minimum atomic E-state index is -0.490. The number of halogens is 1. The highest BCUT2D eigenvalue weighted by atomic mass is 35.5. The van der Waals surface area contributed by atoms with Gasteiger partial charge >= 0.3 is 0 Å². The van der Waals surface area contributed by atoms with E-state index in [1.165, 1.54) is 36.4 Å². The number of nitrogens with one attached hydrogen (secondary N) is 1. The fraction of sp³-hybridized carbons (Fsp3) is 0.0714. The molecule has 0 aliphatic carbocycles. The molecule has 0 spiro atoms. The molecule has 0 heterocycles. The number of amides is 1. The minimum Gasteiger partial charge on any atom is -0.399 e. The van der Waals surface area contributed by atoms with E-state index in [4.69, 9.17) is 17.3 Å².